The standard InChI is InChI=1S/C42H41N3O/c1-22-15-32(40-27(6)25(4)26(5)28(40)7)16-23(2)38(22)36-21-45-37(31-12-9-11-30(18-31)20-43)19-34(36)39-24(3)17-35-33-13-10-14-44-42(33)46-41(35)29(39)8/h9-19,21,25-28,40H,1-8H3. The highest BCUT2D eigenvalue weighted by atomic mass is 16.3. The van der Waals surface area contributed by atoms with Gasteiger partial charge in [-0.25, -0.2) is 4.98 Å². The van der Waals surface area contributed by atoms with Crippen LogP contribution in [0.15, 0.2) is 77.5 Å². The highest BCUT2D eigenvalue weighted by Crippen LogP contribution is 2.52. The fourth-order valence-electron chi connectivity index (χ4n) is 8.56. The molecule has 0 aliphatic heterocycles. The van der Waals surface area contributed by atoms with Crippen molar-refractivity contribution in [3.63, 3.8) is 0 Å². The van der Waals surface area contributed by atoms with Gasteiger partial charge in [0.2, 0.25) is 5.71 Å². The molecule has 4 unspecified atom stereocenters. The number of nitrogens with zero attached hydrogens (tertiary/aromatic N) is 3. The lowest BCUT2D eigenvalue weighted by molar-refractivity contribution is 0.352. The maximum Gasteiger partial charge on any atom is 0.227 e. The Morgan fingerprint density at radius 1 is 0.696 bits per heavy atom. The number of aryl methyl sites for hydroxylation is 4. The first-order valence-electron chi connectivity index (χ1n) is 16.5. The van der Waals surface area contributed by atoms with Gasteiger partial charge in [-0.15, -0.1) is 0 Å². The SMILES string of the molecule is Cc1cc(C2C(C)C(C)C(C)C2C)cc(C)c1-c1cnc(-c2cccc(C#N)c2)cc1-c1c(C)cc2c(oc3ncccc32)c1C. The second-order valence-corrected chi connectivity index (χ2v) is 13.8. The van der Waals surface area contributed by atoms with E-state index in [2.05, 4.69) is 96.8 Å². The van der Waals surface area contributed by atoms with Crippen LogP contribution in [-0.4, -0.2) is 9.97 Å². The van der Waals surface area contributed by atoms with Crippen LogP contribution in [0.25, 0.3) is 55.6 Å². The zero-order chi connectivity index (χ0) is 32.4. The van der Waals surface area contributed by atoms with Crippen LogP contribution in [0.5, 0.6) is 0 Å². The molecule has 0 N–H and O–H groups in total. The van der Waals surface area contributed by atoms with Gasteiger partial charge in [-0.1, -0.05) is 52.0 Å². The highest BCUT2D eigenvalue weighted by Gasteiger charge is 2.42. The van der Waals surface area contributed by atoms with Crippen LogP contribution in [0.4, 0.5) is 0 Å². The summed E-state index contributed by atoms with van der Waals surface area (Å²) in [5, 5.41) is 11.7. The summed E-state index contributed by atoms with van der Waals surface area (Å²) < 4.78 is 6.39. The van der Waals surface area contributed by atoms with E-state index in [0.717, 1.165) is 49.9 Å². The molecule has 230 valence electrons. The number of aromatic nitrogens is 2. The molecule has 6 aromatic rings. The van der Waals surface area contributed by atoms with Crippen molar-refractivity contribution in [2.75, 3.05) is 0 Å². The molecule has 0 spiro atoms. The molecule has 0 amide bonds. The van der Waals surface area contributed by atoms with Gasteiger partial charge in [0.1, 0.15) is 5.58 Å². The number of nitriles is 1. The van der Waals surface area contributed by atoms with Gasteiger partial charge in [0, 0.05) is 39.9 Å². The Balaban J connectivity index is 1.47. The van der Waals surface area contributed by atoms with Gasteiger partial charge < -0.3 is 4.42 Å². The molecule has 0 bridgehead atoms. The first kappa shape index (κ1) is 29.9. The Bertz CT molecular complexity index is 2160. The Kier molecular flexibility index (Phi) is 7.32. The monoisotopic (exact) mass is 603 g/mol. The summed E-state index contributed by atoms with van der Waals surface area (Å²) in [6, 6.07) is 23.3. The molecule has 3 aromatic carbocycles. The fourth-order valence-corrected chi connectivity index (χ4v) is 8.56. The Labute approximate surface area is 272 Å². The lowest BCUT2D eigenvalue weighted by Gasteiger charge is -2.25. The summed E-state index contributed by atoms with van der Waals surface area (Å²) in [5.41, 5.74) is 14.7. The molecule has 3 aromatic heterocycles. The molecule has 4 atom stereocenters. The van der Waals surface area contributed by atoms with E-state index in [1.807, 2.05) is 36.5 Å². The van der Waals surface area contributed by atoms with E-state index in [0.29, 0.717) is 40.9 Å². The first-order chi connectivity index (χ1) is 22.1. The minimum absolute atomic E-state index is 0.553. The van der Waals surface area contributed by atoms with Gasteiger partial charge in [-0.3, -0.25) is 4.98 Å². The first-order valence-corrected chi connectivity index (χ1v) is 16.5. The summed E-state index contributed by atoms with van der Waals surface area (Å²) in [6.07, 6.45) is 3.81. The van der Waals surface area contributed by atoms with Gasteiger partial charge in [-0.2, -0.15) is 5.26 Å². The van der Waals surface area contributed by atoms with E-state index < -0.39 is 0 Å². The summed E-state index contributed by atoms with van der Waals surface area (Å²) in [5.74, 6) is 3.25. The van der Waals surface area contributed by atoms with Crippen molar-refractivity contribution in [1.82, 2.24) is 9.97 Å². The Morgan fingerprint density at radius 2 is 1.39 bits per heavy atom. The van der Waals surface area contributed by atoms with Crippen molar-refractivity contribution in [2.24, 2.45) is 23.7 Å². The molecule has 7 rings (SSSR count). The topological polar surface area (TPSA) is 62.7 Å². The number of pyridine rings is 2. The molecule has 4 heteroatoms. The average molecular weight is 604 g/mol. The van der Waals surface area contributed by atoms with Crippen molar-refractivity contribution in [2.45, 2.75) is 61.3 Å². The summed E-state index contributed by atoms with van der Waals surface area (Å²) in [6.45, 7) is 18.6. The van der Waals surface area contributed by atoms with E-state index in [9.17, 15) is 5.26 Å². The molecule has 1 fully saturated rings. The number of fused-ring (bicyclic) bond motifs is 3. The zero-order valence-corrected chi connectivity index (χ0v) is 28.1. The van der Waals surface area contributed by atoms with Gasteiger partial charge in [0.05, 0.1) is 17.3 Å². The van der Waals surface area contributed by atoms with Crippen molar-refractivity contribution in [3.05, 3.63) is 106 Å². The van der Waals surface area contributed by atoms with Crippen LogP contribution < -0.4 is 0 Å². The van der Waals surface area contributed by atoms with Crippen molar-refractivity contribution < 1.29 is 4.42 Å². The quantitative estimate of drug-likeness (QED) is 0.201. The van der Waals surface area contributed by atoms with Crippen LogP contribution in [0, 0.1) is 62.7 Å². The van der Waals surface area contributed by atoms with Crippen molar-refractivity contribution in [3.8, 4) is 39.6 Å². The summed E-state index contributed by atoms with van der Waals surface area (Å²) >= 11 is 0. The second-order valence-electron chi connectivity index (χ2n) is 13.8. The Hall–Kier alpha value is -4.75. The van der Waals surface area contributed by atoms with Crippen LogP contribution in [0.2, 0.25) is 0 Å². The molecule has 0 radical (unpaired) electrons. The lowest BCUT2D eigenvalue weighted by Crippen LogP contribution is -2.12. The van der Waals surface area contributed by atoms with Gasteiger partial charge in [0.15, 0.2) is 0 Å². The number of benzene rings is 3. The zero-order valence-electron chi connectivity index (χ0n) is 28.1. The fraction of sp³-hybridized carbons (Fsp3) is 0.310. The molecule has 1 aliphatic carbocycles. The summed E-state index contributed by atoms with van der Waals surface area (Å²) in [4.78, 5) is 9.53. The van der Waals surface area contributed by atoms with Crippen LogP contribution >= 0.6 is 0 Å². The third kappa shape index (κ3) is 4.64. The molecular formula is C42H41N3O. The van der Waals surface area contributed by atoms with Gasteiger partial charge >= 0.3 is 0 Å². The molecule has 46 heavy (non-hydrogen) atoms. The number of hydrogen-bond acceptors (Lipinski definition) is 4. The number of rotatable bonds is 4. The normalized spacial score (nSPS) is 21.2. The second kappa shape index (κ2) is 11.2. The number of furan rings is 1. The van der Waals surface area contributed by atoms with E-state index >= 15 is 0 Å². The van der Waals surface area contributed by atoms with Crippen molar-refractivity contribution >= 4 is 22.1 Å². The minimum atomic E-state index is 0.553. The molecule has 4 nitrogen and oxygen atoms in total. The predicted octanol–water partition coefficient (Wildman–Crippen LogP) is 11.1. The molecule has 0 saturated heterocycles. The van der Waals surface area contributed by atoms with E-state index in [4.69, 9.17) is 9.40 Å². The maximum atomic E-state index is 9.61. The van der Waals surface area contributed by atoms with Gasteiger partial charge in [-0.05, 0) is 133 Å². The largest absolute Gasteiger partial charge is 0.437 e. The van der Waals surface area contributed by atoms with E-state index in [-0.39, 0.29) is 0 Å². The Morgan fingerprint density at radius 3 is 2.09 bits per heavy atom. The highest BCUT2D eigenvalue weighted by molar-refractivity contribution is 6.07. The van der Waals surface area contributed by atoms with Crippen LogP contribution in [-0.2, 0) is 0 Å². The third-order valence-corrected chi connectivity index (χ3v) is 11.3. The molecule has 1 aliphatic rings. The average Bonchev–Trinajstić information content (AvgIpc) is 3.51. The smallest absolute Gasteiger partial charge is 0.227 e. The minimum Gasteiger partial charge on any atom is -0.437 e. The predicted molar refractivity (Wildman–Crippen MR) is 189 cm³/mol. The molecule has 3 heterocycles. The third-order valence-electron chi connectivity index (χ3n) is 11.3. The van der Waals surface area contributed by atoms with Crippen LogP contribution in [0.1, 0.15) is 67.0 Å². The van der Waals surface area contributed by atoms with E-state index in [1.165, 1.54) is 27.8 Å². The summed E-state index contributed by atoms with van der Waals surface area (Å²) in [7, 11) is 0. The van der Waals surface area contributed by atoms with E-state index in [1.54, 1.807) is 6.20 Å². The van der Waals surface area contributed by atoms with Crippen LogP contribution in [0.3, 0.4) is 0 Å². The molecular weight excluding hydrogens is 562 g/mol. The maximum absolute atomic E-state index is 9.61. The molecule has 1 saturated carbocycles. The lowest BCUT2D eigenvalue weighted by atomic mass is 9.79. The van der Waals surface area contributed by atoms with Crippen molar-refractivity contribution in [1.29, 1.82) is 5.26 Å². The van der Waals surface area contributed by atoms with Gasteiger partial charge in [0.25, 0.3) is 0 Å². The number of hydrogen-bond donors (Lipinski definition) is 0.